The van der Waals surface area contributed by atoms with Crippen LogP contribution in [-0.4, -0.2) is 56.1 Å². The van der Waals surface area contributed by atoms with Crippen LogP contribution in [0.3, 0.4) is 0 Å². The van der Waals surface area contributed by atoms with Crippen LogP contribution in [0.1, 0.15) is 31.4 Å². The van der Waals surface area contributed by atoms with E-state index in [0.717, 1.165) is 6.04 Å². The zero-order valence-electron chi connectivity index (χ0n) is 13.2. The lowest BCUT2D eigenvalue weighted by Crippen LogP contribution is -2.51. The van der Waals surface area contributed by atoms with Crippen molar-refractivity contribution in [1.29, 1.82) is 0 Å². The van der Waals surface area contributed by atoms with Crippen molar-refractivity contribution in [3.63, 3.8) is 0 Å². The summed E-state index contributed by atoms with van der Waals surface area (Å²) in [6.45, 7) is 7.11. The van der Waals surface area contributed by atoms with E-state index in [1.807, 2.05) is 0 Å². The number of rotatable bonds is 6. The molecule has 1 heterocycles. The molecule has 3 nitrogen and oxygen atoms in total. The van der Waals surface area contributed by atoms with Crippen molar-refractivity contribution in [2.75, 3.05) is 40.3 Å². The standard InChI is InChI=1S/C17H29N3/c1-4-16-14-20(13-12-19(16)3)11-10-17(18-2)15-8-6-5-7-9-15/h5-9,16-18H,4,10-14H2,1-3H3. The second-order valence-corrected chi connectivity index (χ2v) is 5.88. The van der Waals surface area contributed by atoms with Gasteiger partial charge in [0, 0.05) is 38.3 Å². The lowest BCUT2D eigenvalue weighted by molar-refractivity contribution is 0.0904. The lowest BCUT2D eigenvalue weighted by atomic mass is 10.0. The van der Waals surface area contributed by atoms with Gasteiger partial charge in [-0.15, -0.1) is 0 Å². The Morgan fingerprint density at radius 2 is 2.00 bits per heavy atom. The molecule has 0 aromatic heterocycles. The van der Waals surface area contributed by atoms with Gasteiger partial charge in [-0.05, 0) is 32.5 Å². The van der Waals surface area contributed by atoms with E-state index in [1.165, 1.54) is 44.6 Å². The van der Waals surface area contributed by atoms with Crippen molar-refractivity contribution in [2.45, 2.75) is 31.8 Å². The maximum absolute atomic E-state index is 3.45. The van der Waals surface area contributed by atoms with E-state index in [9.17, 15) is 0 Å². The molecule has 0 aliphatic carbocycles. The fraction of sp³-hybridized carbons (Fsp3) is 0.647. The summed E-state index contributed by atoms with van der Waals surface area (Å²) in [7, 11) is 4.32. The Kier molecular flexibility index (Phi) is 6.02. The van der Waals surface area contributed by atoms with Crippen molar-refractivity contribution in [3.05, 3.63) is 35.9 Å². The SMILES string of the molecule is CCC1CN(CCC(NC)c2ccccc2)CCN1C. The van der Waals surface area contributed by atoms with Gasteiger partial charge in [-0.25, -0.2) is 0 Å². The molecule has 2 unspecified atom stereocenters. The van der Waals surface area contributed by atoms with Crippen LogP contribution in [0.4, 0.5) is 0 Å². The molecule has 0 saturated carbocycles. The molecule has 2 atom stereocenters. The van der Waals surface area contributed by atoms with Crippen LogP contribution >= 0.6 is 0 Å². The maximum Gasteiger partial charge on any atom is 0.0329 e. The van der Waals surface area contributed by atoms with Crippen LogP contribution < -0.4 is 5.32 Å². The molecular weight excluding hydrogens is 246 g/mol. The molecule has 0 bridgehead atoms. The quantitative estimate of drug-likeness (QED) is 0.860. The van der Waals surface area contributed by atoms with Crippen LogP contribution in [0.2, 0.25) is 0 Å². The van der Waals surface area contributed by atoms with Gasteiger partial charge in [-0.3, -0.25) is 0 Å². The Balaban J connectivity index is 1.85. The Morgan fingerprint density at radius 3 is 2.65 bits per heavy atom. The summed E-state index contributed by atoms with van der Waals surface area (Å²) >= 11 is 0. The molecule has 1 fully saturated rings. The predicted molar refractivity (Wildman–Crippen MR) is 86.0 cm³/mol. The minimum absolute atomic E-state index is 0.468. The molecule has 1 N–H and O–H groups in total. The molecule has 1 aliphatic rings. The van der Waals surface area contributed by atoms with Crippen LogP contribution in [0.5, 0.6) is 0 Å². The van der Waals surface area contributed by atoms with Crippen LogP contribution in [0, 0.1) is 0 Å². The third kappa shape index (κ3) is 4.05. The summed E-state index contributed by atoms with van der Waals surface area (Å²) in [4.78, 5) is 5.13. The van der Waals surface area contributed by atoms with E-state index >= 15 is 0 Å². The summed E-state index contributed by atoms with van der Waals surface area (Å²) in [6.07, 6.45) is 2.43. The van der Waals surface area contributed by atoms with E-state index in [4.69, 9.17) is 0 Å². The molecule has 1 aliphatic heterocycles. The Labute approximate surface area is 124 Å². The number of piperazine rings is 1. The zero-order valence-corrected chi connectivity index (χ0v) is 13.2. The van der Waals surface area contributed by atoms with Gasteiger partial charge in [0.1, 0.15) is 0 Å². The molecule has 1 aromatic carbocycles. The van der Waals surface area contributed by atoms with Crippen molar-refractivity contribution < 1.29 is 0 Å². The molecular formula is C17H29N3. The number of likely N-dealkylation sites (N-methyl/N-ethyl adjacent to an activating group) is 1. The van der Waals surface area contributed by atoms with Crippen LogP contribution in [0.25, 0.3) is 0 Å². The molecule has 0 radical (unpaired) electrons. The van der Waals surface area contributed by atoms with Gasteiger partial charge in [0.15, 0.2) is 0 Å². The first-order valence-electron chi connectivity index (χ1n) is 7.89. The lowest BCUT2D eigenvalue weighted by Gasteiger charge is -2.39. The van der Waals surface area contributed by atoms with Crippen molar-refractivity contribution >= 4 is 0 Å². The van der Waals surface area contributed by atoms with Crippen molar-refractivity contribution in [3.8, 4) is 0 Å². The summed E-state index contributed by atoms with van der Waals surface area (Å²) in [5, 5.41) is 3.45. The van der Waals surface area contributed by atoms with Gasteiger partial charge < -0.3 is 15.1 Å². The molecule has 0 spiro atoms. The second kappa shape index (κ2) is 7.77. The highest BCUT2D eigenvalue weighted by Gasteiger charge is 2.23. The van der Waals surface area contributed by atoms with Gasteiger partial charge in [0.25, 0.3) is 0 Å². The molecule has 3 heteroatoms. The number of benzene rings is 1. The van der Waals surface area contributed by atoms with Gasteiger partial charge in [0.05, 0.1) is 0 Å². The minimum Gasteiger partial charge on any atom is -0.313 e. The average molecular weight is 275 g/mol. The first-order chi connectivity index (χ1) is 9.74. The van der Waals surface area contributed by atoms with E-state index in [0.29, 0.717) is 6.04 Å². The summed E-state index contributed by atoms with van der Waals surface area (Å²) in [5.74, 6) is 0. The number of hydrogen-bond acceptors (Lipinski definition) is 3. The average Bonchev–Trinajstić information content (AvgIpc) is 2.50. The topological polar surface area (TPSA) is 18.5 Å². The molecule has 0 amide bonds. The number of nitrogens with one attached hydrogen (secondary N) is 1. The third-order valence-corrected chi connectivity index (χ3v) is 4.62. The van der Waals surface area contributed by atoms with Crippen molar-refractivity contribution in [2.24, 2.45) is 0 Å². The van der Waals surface area contributed by atoms with E-state index < -0.39 is 0 Å². The van der Waals surface area contributed by atoms with Gasteiger partial charge >= 0.3 is 0 Å². The summed E-state index contributed by atoms with van der Waals surface area (Å²) in [5.41, 5.74) is 1.40. The Morgan fingerprint density at radius 1 is 1.25 bits per heavy atom. The first kappa shape index (κ1) is 15.5. The monoisotopic (exact) mass is 275 g/mol. The van der Waals surface area contributed by atoms with Gasteiger partial charge in [0.2, 0.25) is 0 Å². The number of hydrogen-bond donors (Lipinski definition) is 1. The van der Waals surface area contributed by atoms with Crippen LogP contribution in [-0.2, 0) is 0 Å². The highest BCUT2D eigenvalue weighted by molar-refractivity contribution is 5.18. The minimum atomic E-state index is 0.468. The normalized spacial score (nSPS) is 22.9. The second-order valence-electron chi connectivity index (χ2n) is 5.88. The van der Waals surface area contributed by atoms with Gasteiger partial charge in [-0.2, -0.15) is 0 Å². The van der Waals surface area contributed by atoms with Gasteiger partial charge in [-0.1, -0.05) is 37.3 Å². The molecule has 1 saturated heterocycles. The zero-order chi connectivity index (χ0) is 14.4. The van der Waals surface area contributed by atoms with E-state index in [1.54, 1.807) is 0 Å². The fourth-order valence-corrected chi connectivity index (χ4v) is 3.13. The Bertz CT molecular complexity index is 379. The third-order valence-electron chi connectivity index (χ3n) is 4.62. The van der Waals surface area contributed by atoms with E-state index in [2.05, 4.69) is 66.5 Å². The smallest absolute Gasteiger partial charge is 0.0329 e. The maximum atomic E-state index is 3.45. The largest absolute Gasteiger partial charge is 0.313 e. The highest BCUT2D eigenvalue weighted by atomic mass is 15.3. The molecule has 20 heavy (non-hydrogen) atoms. The highest BCUT2D eigenvalue weighted by Crippen LogP contribution is 2.18. The Hall–Kier alpha value is -0.900. The summed E-state index contributed by atoms with van der Waals surface area (Å²) in [6, 6.07) is 12.0. The predicted octanol–water partition coefficient (Wildman–Crippen LogP) is 2.36. The van der Waals surface area contributed by atoms with Crippen LogP contribution in [0.15, 0.2) is 30.3 Å². The summed E-state index contributed by atoms with van der Waals surface area (Å²) < 4.78 is 0. The van der Waals surface area contributed by atoms with Crippen molar-refractivity contribution in [1.82, 2.24) is 15.1 Å². The fourth-order valence-electron chi connectivity index (χ4n) is 3.13. The molecule has 112 valence electrons. The molecule has 2 rings (SSSR count). The number of nitrogens with zero attached hydrogens (tertiary/aromatic N) is 2. The molecule has 1 aromatic rings. The van der Waals surface area contributed by atoms with E-state index in [-0.39, 0.29) is 0 Å². The first-order valence-corrected chi connectivity index (χ1v) is 7.89.